The molecule has 0 radical (unpaired) electrons. The molecule has 94 valence electrons. The maximum absolute atomic E-state index is 9.98. The first-order valence-corrected chi connectivity index (χ1v) is 5.89. The van der Waals surface area contributed by atoms with E-state index in [1.807, 2.05) is 49.4 Å². The van der Waals surface area contributed by atoms with Crippen molar-refractivity contribution >= 4 is 5.69 Å². The van der Waals surface area contributed by atoms with Crippen molar-refractivity contribution in [1.82, 2.24) is 0 Å². The van der Waals surface area contributed by atoms with E-state index in [9.17, 15) is 5.11 Å². The largest absolute Gasteiger partial charge is 0.488 e. The van der Waals surface area contributed by atoms with Crippen LogP contribution in [-0.4, -0.2) is 11.7 Å². The molecule has 0 spiro atoms. The predicted molar refractivity (Wildman–Crippen MR) is 72.5 cm³/mol. The number of aryl methyl sites for hydroxylation is 1. The third-order valence-corrected chi connectivity index (χ3v) is 2.87. The molecule has 2 rings (SSSR count). The molecule has 1 unspecified atom stereocenters. The van der Waals surface area contributed by atoms with E-state index >= 15 is 0 Å². The molecule has 0 aliphatic carbocycles. The van der Waals surface area contributed by atoms with Crippen LogP contribution in [-0.2, 0) is 0 Å². The Hall–Kier alpha value is -2.00. The first kappa shape index (κ1) is 12.5. The summed E-state index contributed by atoms with van der Waals surface area (Å²) in [6, 6.07) is 15.0. The lowest BCUT2D eigenvalue weighted by Gasteiger charge is -2.14. The second-order valence-electron chi connectivity index (χ2n) is 4.22. The van der Waals surface area contributed by atoms with E-state index in [-0.39, 0.29) is 6.61 Å². The highest BCUT2D eigenvalue weighted by Gasteiger charge is 2.09. The monoisotopic (exact) mass is 243 g/mol. The molecule has 0 heterocycles. The Bertz CT molecular complexity index is 511. The topological polar surface area (TPSA) is 55.5 Å². The summed E-state index contributed by atoms with van der Waals surface area (Å²) in [6.07, 6.45) is -0.647. The van der Waals surface area contributed by atoms with Gasteiger partial charge in [0.15, 0.2) is 0 Å². The van der Waals surface area contributed by atoms with Crippen LogP contribution in [0.25, 0.3) is 0 Å². The molecule has 0 fully saturated rings. The summed E-state index contributed by atoms with van der Waals surface area (Å²) in [5, 5.41) is 9.98. The molecule has 18 heavy (non-hydrogen) atoms. The van der Waals surface area contributed by atoms with Gasteiger partial charge in [0.05, 0.1) is 5.69 Å². The van der Waals surface area contributed by atoms with Crippen LogP contribution < -0.4 is 10.5 Å². The van der Waals surface area contributed by atoms with E-state index in [0.29, 0.717) is 11.4 Å². The average molecular weight is 243 g/mol. The fourth-order valence-corrected chi connectivity index (χ4v) is 1.72. The zero-order valence-corrected chi connectivity index (χ0v) is 10.3. The Morgan fingerprint density at radius 2 is 1.83 bits per heavy atom. The van der Waals surface area contributed by atoms with Gasteiger partial charge in [0.1, 0.15) is 18.5 Å². The van der Waals surface area contributed by atoms with Gasteiger partial charge in [-0.25, -0.2) is 0 Å². The van der Waals surface area contributed by atoms with Crippen molar-refractivity contribution in [3.63, 3.8) is 0 Å². The second kappa shape index (κ2) is 5.56. The van der Waals surface area contributed by atoms with Crippen molar-refractivity contribution in [3.05, 3.63) is 59.7 Å². The van der Waals surface area contributed by atoms with Crippen LogP contribution in [0, 0.1) is 6.92 Å². The molecule has 0 amide bonds. The number of hydrogen-bond acceptors (Lipinski definition) is 3. The third kappa shape index (κ3) is 2.81. The smallest absolute Gasteiger partial charge is 0.142 e. The van der Waals surface area contributed by atoms with E-state index < -0.39 is 6.10 Å². The minimum atomic E-state index is -0.647. The average Bonchev–Trinajstić information content (AvgIpc) is 2.41. The number of rotatable bonds is 4. The number of benzene rings is 2. The zero-order chi connectivity index (χ0) is 13.0. The summed E-state index contributed by atoms with van der Waals surface area (Å²) in [5.41, 5.74) is 8.33. The van der Waals surface area contributed by atoms with Crippen molar-refractivity contribution in [1.29, 1.82) is 0 Å². The molecule has 1 atom stereocenters. The summed E-state index contributed by atoms with van der Waals surface area (Å²) in [6.45, 7) is 2.12. The fourth-order valence-electron chi connectivity index (χ4n) is 1.72. The number of anilines is 1. The van der Waals surface area contributed by atoms with Crippen molar-refractivity contribution in [2.75, 3.05) is 12.3 Å². The van der Waals surface area contributed by atoms with Crippen LogP contribution in [0.4, 0.5) is 5.69 Å². The molecule has 3 nitrogen and oxygen atoms in total. The fraction of sp³-hybridized carbons (Fsp3) is 0.200. The van der Waals surface area contributed by atoms with Gasteiger partial charge in [-0.1, -0.05) is 42.5 Å². The van der Waals surface area contributed by atoms with Crippen LogP contribution >= 0.6 is 0 Å². The summed E-state index contributed by atoms with van der Waals surface area (Å²) in [7, 11) is 0. The Balaban J connectivity index is 2.02. The van der Waals surface area contributed by atoms with E-state index in [1.165, 1.54) is 0 Å². The van der Waals surface area contributed by atoms with Crippen molar-refractivity contribution in [2.24, 2.45) is 0 Å². The molecule has 3 N–H and O–H groups in total. The minimum Gasteiger partial charge on any atom is -0.488 e. The SMILES string of the molecule is Cc1cccc(OCC(O)c2ccccc2)c1N. The van der Waals surface area contributed by atoms with E-state index in [2.05, 4.69) is 0 Å². The number of para-hydroxylation sites is 1. The number of aliphatic hydroxyl groups is 1. The molecular weight excluding hydrogens is 226 g/mol. The molecule has 0 saturated carbocycles. The van der Waals surface area contributed by atoms with E-state index in [4.69, 9.17) is 10.5 Å². The Morgan fingerprint density at radius 1 is 1.11 bits per heavy atom. The second-order valence-corrected chi connectivity index (χ2v) is 4.22. The number of aliphatic hydroxyl groups excluding tert-OH is 1. The van der Waals surface area contributed by atoms with Crippen molar-refractivity contribution in [3.8, 4) is 5.75 Å². The van der Waals surface area contributed by atoms with Crippen LogP contribution in [0.1, 0.15) is 17.2 Å². The van der Waals surface area contributed by atoms with E-state index in [1.54, 1.807) is 6.07 Å². The molecule has 3 heteroatoms. The van der Waals surface area contributed by atoms with Crippen LogP contribution in [0.2, 0.25) is 0 Å². The van der Waals surface area contributed by atoms with Crippen LogP contribution in [0.3, 0.4) is 0 Å². The highest BCUT2D eigenvalue weighted by molar-refractivity contribution is 5.57. The predicted octanol–water partition coefficient (Wildman–Crippen LogP) is 2.69. The highest BCUT2D eigenvalue weighted by atomic mass is 16.5. The quantitative estimate of drug-likeness (QED) is 0.812. The highest BCUT2D eigenvalue weighted by Crippen LogP contribution is 2.25. The molecule has 0 aliphatic heterocycles. The molecule has 2 aromatic rings. The summed E-state index contributed by atoms with van der Waals surface area (Å²) < 4.78 is 5.56. The number of hydrogen-bond donors (Lipinski definition) is 2. The maximum atomic E-state index is 9.98. The molecule has 0 aliphatic rings. The minimum absolute atomic E-state index is 0.192. The van der Waals surface area contributed by atoms with Gasteiger partial charge in [-0.2, -0.15) is 0 Å². The normalized spacial score (nSPS) is 12.1. The van der Waals surface area contributed by atoms with Gasteiger partial charge in [0, 0.05) is 0 Å². The number of nitrogens with two attached hydrogens (primary N) is 1. The van der Waals surface area contributed by atoms with Gasteiger partial charge in [0.2, 0.25) is 0 Å². The molecule has 0 aromatic heterocycles. The standard InChI is InChI=1S/C15H17NO2/c1-11-6-5-9-14(15(11)16)18-10-13(17)12-7-3-2-4-8-12/h2-9,13,17H,10,16H2,1H3. The Kier molecular flexibility index (Phi) is 3.85. The molecule has 2 aromatic carbocycles. The van der Waals surface area contributed by atoms with Crippen LogP contribution in [0.5, 0.6) is 5.75 Å². The lowest BCUT2D eigenvalue weighted by Crippen LogP contribution is -2.10. The van der Waals surface area contributed by atoms with Gasteiger partial charge in [-0.05, 0) is 24.1 Å². The number of nitrogen functional groups attached to an aromatic ring is 1. The van der Waals surface area contributed by atoms with Gasteiger partial charge in [-0.3, -0.25) is 0 Å². The van der Waals surface area contributed by atoms with Crippen molar-refractivity contribution in [2.45, 2.75) is 13.0 Å². The Labute approximate surface area is 107 Å². The summed E-state index contributed by atoms with van der Waals surface area (Å²) in [5.74, 6) is 0.616. The lowest BCUT2D eigenvalue weighted by molar-refractivity contribution is 0.108. The molecule has 0 saturated heterocycles. The van der Waals surface area contributed by atoms with Crippen molar-refractivity contribution < 1.29 is 9.84 Å². The van der Waals surface area contributed by atoms with Gasteiger partial charge in [0.25, 0.3) is 0 Å². The number of ether oxygens (including phenoxy) is 1. The maximum Gasteiger partial charge on any atom is 0.142 e. The first-order valence-electron chi connectivity index (χ1n) is 5.89. The van der Waals surface area contributed by atoms with Gasteiger partial charge in [-0.15, -0.1) is 0 Å². The summed E-state index contributed by atoms with van der Waals surface area (Å²) in [4.78, 5) is 0. The van der Waals surface area contributed by atoms with Crippen LogP contribution in [0.15, 0.2) is 48.5 Å². The summed E-state index contributed by atoms with van der Waals surface area (Å²) >= 11 is 0. The molecule has 0 bridgehead atoms. The lowest BCUT2D eigenvalue weighted by atomic mass is 10.1. The van der Waals surface area contributed by atoms with E-state index in [0.717, 1.165) is 11.1 Å². The van der Waals surface area contributed by atoms with Gasteiger partial charge >= 0.3 is 0 Å². The first-order chi connectivity index (χ1) is 8.68. The Morgan fingerprint density at radius 3 is 2.56 bits per heavy atom. The van der Waals surface area contributed by atoms with Gasteiger partial charge < -0.3 is 15.6 Å². The zero-order valence-electron chi connectivity index (χ0n) is 10.3. The molecular formula is C15H17NO2. The third-order valence-electron chi connectivity index (χ3n) is 2.87.